The molecule has 1 fully saturated rings. The molecule has 0 saturated carbocycles. The SMILES string of the molecule is CC(C)(C)[Si](C)(C)OC1COCC1O. The van der Waals surface area contributed by atoms with Crippen molar-refractivity contribution in [3.05, 3.63) is 0 Å². The van der Waals surface area contributed by atoms with Gasteiger partial charge in [0.05, 0.1) is 19.3 Å². The molecule has 14 heavy (non-hydrogen) atoms. The van der Waals surface area contributed by atoms with Gasteiger partial charge in [0.15, 0.2) is 8.32 Å². The fourth-order valence-corrected chi connectivity index (χ4v) is 2.53. The van der Waals surface area contributed by atoms with Gasteiger partial charge in [-0.1, -0.05) is 20.8 Å². The molecule has 2 atom stereocenters. The van der Waals surface area contributed by atoms with Crippen LogP contribution in [0, 0.1) is 0 Å². The topological polar surface area (TPSA) is 38.7 Å². The van der Waals surface area contributed by atoms with Gasteiger partial charge in [-0.2, -0.15) is 0 Å². The molecule has 4 heteroatoms. The highest BCUT2D eigenvalue weighted by molar-refractivity contribution is 6.74. The Morgan fingerprint density at radius 1 is 1.29 bits per heavy atom. The fourth-order valence-electron chi connectivity index (χ4n) is 1.19. The van der Waals surface area contributed by atoms with Gasteiger partial charge in [0, 0.05) is 0 Å². The van der Waals surface area contributed by atoms with Gasteiger partial charge >= 0.3 is 0 Å². The number of aliphatic hydroxyl groups is 1. The maximum Gasteiger partial charge on any atom is 0.192 e. The molecule has 1 N–H and O–H groups in total. The number of aliphatic hydroxyl groups excluding tert-OH is 1. The van der Waals surface area contributed by atoms with Crippen molar-refractivity contribution >= 4 is 8.32 Å². The van der Waals surface area contributed by atoms with E-state index in [0.29, 0.717) is 13.2 Å². The van der Waals surface area contributed by atoms with Gasteiger partial charge in [-0.3, -0.25) is 0 Å². The second-order valence-corrected chi connectivity index (χ2v) is 10.3. The molecule has 0 aliphatic carbocycles. The third kappa shape index (κ3) is 2.57. The van der Waals surface area contributed by atoms with Crippen LogP contribution < -0.4 is 0 Å². The maximum absolute atomic E-state index is 9.59. The zero-order valence-electron chi connectivity index (χ0n) is 9.83. The van der Waals surface area contributed by atoms with Crippen LogP contribution >= 0.6 is 0 Å². The quantitative estimate of drug-likeness (QED) is 0.718. The Balaban J connectivity index is 2.58. The zero-order chi connectivity index (χ0) is 11.0. The Morgan fingerprint density at radius 2 is 1.86 bits per heavy atom. The van der Waals surface area contributed by atoms with Gasteiger partial charge in [-0.05, 0) is 18.1 Å². The van der Waals surface area contributed by atoms with Crippen LogP contribution in [0.4, 0.5) is 0 Å². The first-order valence-corrected chi connectivity index (χ1v) is 8.08. The highest BCUT2D eigenvalue weighted by Crippen LogP contribution is 2.38. The number of hydrogen-bond donors (Lipinski definition) is 1. The van der Waals surface area contributed by atoms with Crippen LogP contribution in [-0.4, -0.2) is 38.8 Å². The summed E-state index contributed by atoms with van der Waals surface area (Å²) in [7, 11) is -1.75. The van der Waals surface area contributed by atoms with Crippen molar-refractivity contribution in [1.29, 1.82) is 0 Å². The first-order chi connectivity index (χ1) is 6.24. The summed E-state index contributed by atoms with van der Waals surface area (Å²) in [6, 6.07) is 0. The maximum atomic E-state index is 9.59. The lowest BCUT2D eigenvalue weighted by Crippen LogP contribution is -2.46. The lowest BCUT2D eigenvalue weighted by molar-refractivity contribution is 0.0642. The summed E-state index contributed by atoms with van der Waals surface area (Å²) in [6.07, 6.45) is -0.556. The largest absolute Gasteiger partial charge is 0.409 e. The van der Waals surface area contributed by atoms with Gasteiger partial charge in [-0.15, -0.1) is 0 Å². The molecule has 1 rings (SSSR count). The minimum absolute atomic E-state index is 0.115. The second kappa shape index (κ2) is 3.93. The highest BCUT2D eigenvalue weighted by Gasteiger charge is 2.41. The molecule has 0 bridgehead atoms. The van der Waals surface area contributed by atoms with Crippen LogP contribution in [0.25, 0.3) is 0 Å². The average Bonchev–Trinajstić information content (AvgIpc) is 2.33. The van der Waals surface area contributed by atoms with E-state index in [0.717, 1.165) is 0 Å². The summed E-state index contributed by atoms with van der Waals surface area (Å²) >= 11 is 0. The lowest BCUT2D eigenvalue weighted by atomic mass is 10.2. The fraction of sp³-hybridized carbons (Fsp3) is 1.00. The molecule has 0 spiro atoms. The second-order valence-electron chi connectivity index (χ2n) is 5.52. The summed E-state index contributed by atoms with van der Waals surface area (Å²) < 4.78 is 11.2. The van der Waals surface area contributed by atoms with Crippen molar-refractivity contribution in [1.82, 2.24) is 0 Å². The van der Waals surface area contributed by atoms with Gasteiger partial charge in [-0.25, -0.2) is 0 Å². The van der Waals surface area contributed by atoms with E-state index >= 15 is 0 Å². The van der Waals surface area contributed by atoms with Crippen LogP contribution in [-0.2, 0) is 9.16 Å². The Bertz CT molecular complexity index is 198. The number of hydrogen-bond acceptors (Lipinski definition) is 3. The number of rotatable bonds is 2. The van der Waals surface area contributed by atoms with E-state index in [-0.39, 0.29) is 11.1 Å². The molecule has 1 heterocycles. The molecule has 2 unspecified atom stereocenters. The van der Waals surface area contributed by atoms with Gasteiger partial charge < -0.3 is 14.3 Å². The summed E-state index contributed by atoms with van der Waals surface area (Å²) in [5.41, 5.74) is 0. The molecule has 0 aromatic rings. The van der Waals surface area contributed by atoms with Crippen molar-refractivity contribution in [3.63, 3.8) is 0 Å². The monoisotopic (exact) mass is 218 g/mol. The average molecular weight is 218 g/mol. The first-order valence-electron chi connectivity index (χ1n) is 5.18. The summed E-state index contributed by atoms with van der Waals surface area (Å²) in [5.74, 6) is 0. The molecule has 1 aliphatic rings. The molecule has 0 amide bonds. The third-order valence-electron chi connectivity index (χ3n) is 3.25. The molecule has 84 valence electrons. The summed E-state index contributed by atoms with van der Waals surface area (Å²) in [5, 5.41) is 9.78. The van der Waals surface area contributed by atoms with Crippen LogP contribution in [0.5, 0.6) is 0 Å². The predicted octanol–water partition coefficient (Wildman–Crippen LogP) is 1.77. The van der Waals surface area contributed by atoms with Gasteiger partial charge in [0.1, 0.15) is 6.10 Å². The summed E-state index contributed by atoms with van der Waals surface area (Å²) in [4.78, 5) is 0. The van der Waals surface area contributed by atoms with E-state index in [1.807, 2.05) is 0 Å². The molecule has 1 aliphatic heterocycles. The van der Waals surface area contributed by atoms with Crippen molar-refractivity contribution < 1.29 is 14.3 Å². The summed E-state index contributed by atoms with van der Waals surface area (Å²) in [6.45, 7) is 11.9. The Labute approximate surface area is 87.5 Å². The van der Waals surface area contributed by atoms with E-state index < -0.39 is 14.4 Å². The lowest BCUT2D eigenvalue weighted by Gasteiger charge is -2.38. The minimum Gasteiger partial charge on any atom is -0.409 e. The van der Waals surface area contributed by atoms with Crippen molar-refractivity contribution in [2.75, 3.05) is 13.2 Å². The van der Waals surface area contributed by atoms with Crippen molar-refractivity contribution in [2.24, 2.45) is 0 Å². The smallest absolute Gasteiger partial charge is 0.192 e. The van der Waals surface area contributed by atoms with Crippen LogP contribution in [0.2, 0.25) is 18.1 Å². The van der Waals surface area contributed by atoms with Gasteiger partial charge in [0.25, 0.3) is 0 Å². The molecule has 3 nitrogen and oxygen atoms in total. The molecule has 0 aromatic carbocycles. The molecular formula is C10H22O3Si. The Kier molecular flexibility index (Phi) is 3.41. The highest BCUT2D eigenvalue weighted by atomic mass is 28.4. The van der Waals surface area contributed by atoms with E-state index in [1.165, 1.54) is 0 Å². The predicted molar refractivity (Wildman–Crippen MR) is 58.9 cm³/mol. The van der Waals surface area contributed by atoms with Crippen LogP contribution in [0.1, 0.15) is 20.8 Å². The van der Waals surface area contributed by atoms with Crippen molar-refractivity contribution in [3.8, 4) is 0 Å². The first kappa shape index (κ1) is 12.2. The molecule has 1 saturated heterocycles. The van der Waals surface area contributed by atoms with Crippen LogP contribution in [0.3, 0.4) is 0 Å². The van der Waals surface area contributed by atoms with E-state index in [4.69, 9.17) is 9.16 Å². The standard InChI is InChI=1S/C10H22O3Si/c1-10(2,3)14(4,5)13-9-7-12-6-8(9)11/h8-9,11H,6-7H2,1-5H3. The third-order valence-corrected chi connectivity index (χ3v) is 7.76. The molecular weight excluding hydrogens is 196 g/mol. The zero-order valence-corrected chi connectivity index (χ0v) is 10.8. The van der Waals surface area contributed by atoms with E-state index in [1.54, 1.807) is 0 Å². The van der Waals surface area contributed by atoms with E-state index in [9.17, 15) is 5.11 Å². The van der Waals surface area contributed by atoms with Gasteiger partial charge in [0.2, 0.25) is 0 Å². The molecule has 0 radical (unpaired) electrons. The normalized spacial score (nSPS) is 29.6. The molecule has 0 aromatic heterocycles. The minimum atomic E-state index is -1.75. The number of ether oxygens (including phenoxy) is 1. The van der Waals surface area contributed by atoms with Crippen molar-refractivity contribution in [2.45, 2.75) is 51.1 Å². The Morgan fingerprint density at radius 3 is 2.21 bits per heavy atom. The van der Waals surface area contributed by atoms with Crippen LogP contribution in [0.15, 0.2) is 0 Å². The van der Waals surface area contributed by atoms with E-state index in [2.05, 4.69) is 33.9 Å². The Hall–Kier alpha value is 0.0969.